The summed E-state index contributed by atoms with van der Waals surface area (Å²) in [4.78, 5) is 23.4. The monoisotopic (exact) mass is 212 g/mol. The van der Waals surface area contributed by atoms with Gasteiger partial charge in [-0.3, -0.25) is 14.5 Å². The van der Waals surface area contributed by atoms with Crippen LogP contribution in [-0.4, -0.2) is 36.2 Å². The van der Waals surface area contributed by atoms with Gasteiger partial charge in [-0.1, -0.05) is 11.8 Å². The normalized spacial score (nSPS) is 18.4. The van der Waals surface area contributed by atoms with Gasteiger partial charge >= 0.3 is 5.97 Å². The minimum Gasteiger partial charge on any atom is -0.468 e. The van der Waals surface area contributed by atoms with Gasteiger partial charge in [0.15, 0.2) is 0 Å². The standard InChI is InChI=1S/C8H8N2O3S/c1-13-8(12)4-10-6(11)5-14-7(10)2-3-9/h2H,4-5H2,1H3/b7-2-. The predicted octanol–water partition coefficient (Wildman–Crippen LogP) is 0.0998. The van der Waals surface area contributed by atoms with Gasteiger partial charge in [0, 0.05) is 6.08 Å². The van der Waals surface area contributed by atoms with Crippen LogP contribution in [-0.2, 0) is 14.3 Å². The third-order valence-electron chi connectivity index (χ3n) is 1.61. The van der Waals surface area contributed by atoms with Gasteiger partial charge in [0.1, 0.15) is 6.54 Å². The molecule has 0 radical (unpaired) electrons. The van der Waals surface area contributed by atoms with Crippen molar-refractivity contribution in [3.63, 3.8) is 0 Å². The second kappa shape index (κ2) is 4.67. The first-order valence-electron chi connectivity index (χ1n) is 3.78. The van der Waals surface area contributed by atoms with Gasteiger partial charge in [-0.15, -0.1) is 0 Å². The highest BCUT2D eigenvalue weighted by atomic mass is 32.2. The molecule has 1 rings (SSSR count). The summed E-state index contributed by atoms with van der Waals surface area (Å²) in [5.41, 5.74) is 0. The summed E-state index contributed by atoms with van der Waals surface area (Å²) < 4.78 is 4.43. The van der Waals surface area contributed by atoms with E-state index in [4.69, 9.17) is 5.26 Å². The number of nitrogens with zero attached hydrogens (tertiary/aromatic N) is 2. The van der Waals surface area contributed by atoms with Crippen LogP contribution in [0.2, 0.25) is 0 Å². The molecule has 1 saturated heterocycles. The minimum atomic E-state index is -0.496. The van der Waals surface area contributed by atoms with E-state index in [0.717, 1.165) is 0 Å². The summed E-state index contributed by atoms with van der Waals surface area (Å²) >= 11 is 1.24. The molecule has 0 saturated carbocycles. The van der Waals surface area contributed by atoms with Gasteiger partial charge in [0.2, 0.25) is 5.91 Å². The molecule has 0 bridgehead atoms. The molecule has 1 amide bonds. The molecule has 1 heterocycles. The van der Waals surface area contributed by atoms with E-state index in [1.54, 1.807) is 0 Å². The number of nitriles is 1. The molecular weight excluding hydrogens is 204 g/mol. The third kappa shape index (κ3) is 2.26. The lowest BCUT2D eigenvalue weighted by molar-refractivity contribution is -0.144. The number of rotatable bonds is 2. The first kappa shape index (κ1) is 10.6. The molecular formula is C8H8N2O3S. The van der Waals surface area contributed by atoms with Crippen LogP contribution in [0.15, 0.2) is 11.1 Å². The molecule has 0 aromatic rings. The fourth-order valence-electron chi connectivity index (χ4n) is 0.949. The van der Waals surface area contributed by atoms with Crippen molar-refractivity contribution in [3.05, 3.63) is 11.1 Å². The number of methoxy groups -OCH3 is 1. The molecule has 1 fully saturated rings. The van der Waals surface area contributed by atoms with Crippen LogP contribution in [0.3, 0.4) is 0 Å². The lowest BCUT2D eigenvalue weighted by Crippen LogP contribution is -2.31. The zero-order valence-corrected chi connectivity index (χ0v) is 8.34. The molecule has 1 aliphatic rings. The van der Waals surface area contributed by atoms with Crippen molar-refractivity contribution in [2.75, 3.05) is 19.4 Å². The van der Waals surface area contributed by atoms with Crippen molar-refractivity contribution in [2.45, 2.75) is 0 Å². The van der Waals surface area contributed by atoms with Crippen molar-refractivity contribution < 1.29 is 14.3 Å². The van der Waals surface area contributed by atoms with Crippen molar-refractivity contribution >= 4 is 23.6 Å². The first-order chi connectivity index (χ1) is 6.69. The molecule has 14 heavy (non-hydrogen) atoms. The van der Waals surface area contributed by atoms with Gasteiger partial charge in [0.25, 0.3) is 0 Å². The Kier molecular flexibility index (Phi) is 3.54. The molecule has 5 nitrogen and oxygen atoms in total. The summed E-state index contributed by atoms with van der Waals surface area (Å²) in [5, 5.41) is 8.93. The number of hydrogen-bond acceptors (Lipinski definition) is 5. The van der Waals surface area contributed by atoms with Crippen LogP contribution in [0.1, 0.15) is 0 Å². The van der Waals surface area contributed by atoms with Crippen molar-refractivity contribution in [2.24, 2.45) is 0 Å². The van der Waals surface area contributed by atoms with Crippen LogP contribution >= 0.6 is 11.8 Å². The Morgan fingerprint density at radius 1 is 1.86 bits per heavy atom. The van der Waals surface area contributed by atoms with E-state index < -0.39 is 5.97 Å². The molecule has 0 aromatic heterocycles. The molecule has 0 atom stereocenters. The molecule has 0 unspecified atom stereocenters. The largest absolute Gasteiger partial charge is 0.468 e. The van der Waals surface area contributed by atoms with E-state index >= 15 is 0 Å². The predicted molar refractivity (Wildman–Crippen MR) is 49.9 cm³/mol. The molecule has 0 spiro atoms. The van der Waals surface area contributed by atoms with Crippen molar-refractivity contribution in [3.8, 4) is 6.07 Å². The number of thioether (sulfide) groups is 1. The fraction of sp³-hybridized carbons (Fsp3) is 0.375. The molecule has 0 N–H and O–H groups in total. The Bertz CT molecular complexity index is 332. The third-order valence-corrected chi connectivity index (χ3v) is 2.64. The molecule has 6 heteroatoms. The minimum absolute atomic E-state index is 0.129. The first-order valence-corrected chi connectivity index (χ1v) is 4.77. The Hall–Kier alpha value is -1.48. The van der Waals surface area contributed by atoms with Gasteiger partial charge in [0.05, 0.1) is 24.0 Å². The van der Waals surface area contributed by atoms with Crippen molar-refractivity contribution in [1.29, 1.82) is 5.26 Å². The molecule has 0 aliphatic carbocycles. The summed E-state index contributed by atoms with van der Waals surface area (Å²) in [6, 6.07) is 1.82. The van der Waals surface area contributed by atoms with E-state index in [0.29, 0.717) is 5.03 Å². The second-order valence-electron chi connectivity index (χ2n) is 2.46. The van der Waals surface area contributed by atoms with Gasteiger partial charge in [-0.2, -0.15) is 5.26 Å². The Morgan fingerprint density at radius 3 is 3.14 bits per heavy atom. The SMILES string of the molecule is COC(=O)CN1C(=O)CS/C1=C\C#N. The topological polar surface area (TPSA) is 70.4 Å². The van der Waals surface area contributed by atoms with Crippen LogP contribution in [0.25, 0.3) is 0 Å². The van der Waals surface area contributed by atoms with E-state index in [-0.39, 0.29) is 18.2 Å². The number of allylic oxidation sites excluding steroid dienone is 1. The highest BCUT2D eigenvalue weighted by Gasteiger charge is 2.28. The fourth-order valence-corrected chi connectivity index (χ4v) is 1.83. The number of amides is 1. The quantitative estimate of drug-likeness (QED) is 0.479. The number of carbonyl (C=O) groups excluding carboxylic acids is 2. The van der Waals surface area contributed by atoms with E-state index in [1.165, 1.54) is 29.8 Å². The zero-order valence-electron chi connectivity index (χ0n) is 7.52. The Morgan fingerprint density at radius 2 is 2.57 bits per heavy atom. The van der Waals surface area contributed by atoms with Crippen LogP contribution in [0.4, 0.5) is 0 Å². The molecule has 0 aromatic carbocycles. The number of hydrogen-bond donors (Lipinski definition) is 0. The average Bonchev–Trinajstić information content (AvgIpc) is 2.50. The summed E-state index contributed by atoms with van der Waals surface area (Å²) in [7, 11) is 1.25. The highest BCUT2D eigenvalue weighted by Crippen LogP contribution is 2.27. The molecule has 1 aliphatic heterocycles. The van der Waals surface area contributed by atoms with E-state index in [2.05, 4.69) is 4.74 Å². The maximum atomic E-state index is 11.3. The average molecular weight is 212 g/mol. The van der Waals surface area contributed by atoms with Gasteiger partial charge < -0.3 is 4.74 Å². The van der Waals surface area contributed by atoms with Crippen LogP contribution < -0.4 is 0 Å². The lowest BCUT2D eigenvalue weighted by Gasteiger charge is -2.13. The number of carbonyl (C=O) groups is 2. The summed E-state index contributed by atoms with van der Waals surface area (Å²) in [5.74, 6) is -0.406. The maximum absolute atomic E-state index is 11.3. The summed E-state index contributed by atoms with van der Waals surface area (Å²) in [6.07, 6.45) is 1.25. The van der Waals surface area contributed by atoms with E-state index in [9.17, 15) is 9.59 Å². The lowest BCUT2D eigenvalue weighted by atomic mass is 10.5. The second-order valence-corrected chi connectivity index (χ2v) is 3.45. The summed E-state index contributed by atoms with van der Waals surface area (Å²) in [6.45, 7) is -0.129. The number of esters is 1. The maximum Gasteiger partial charge on any atom is 0.325 e. The zero-order chi connectivity index (χ0) is 10.6. The smallest absolute Gasteiger partial charge is 0.325 e. The molecule has 74 valence electrons. The van der Waals surface area contributed by atoms with Crippen LogP contribution in [0.5, 0.6) is 0 Å². The Labute approximate surface area is 85.3 Å². The van der Waals surface area contributed by atoms with Gasteiger partial charge in [-0.25, -0.2) is 0 Å². The Balaban J connectivity index is 2.73. The van der Waals surface area contributed by atoms with E-state index in [1.807, 2.05) is 6.07 Å². The highest BCUT2D eigenvalue weighted by molar-refractivity contribution is 8.04. The van der Waals surface area contributed by atoms with Gasteiger partial charge in [-0.05, 0) is 0 Å². The van der Waals surface area contributed by atoms with Crippen molar-refractivity contribution in [1.82, 2.24) is 4.90 Å². The number of ether oxygens (including phenoxy) is 1. The van der Waals surface area contributed by atoms with Crippen LogP contribution in [0, 0.1) is 11.3 Å².